The quantitative estimate of drug-likeness (QED) is 0.240. The number of anilines is 1. The molecule has 0 spiro atoms. The zero-order chi connectivity index (χ0) is 26.5. The molecule has 2 aromatic heterocycles. The smallest absolute Gasteiger partial charge is 0.410 e. The van der Waals surface area contributed by atoms with E-state index in [0.717, 1.165) is 12.8 Å². The Morgan fingerprint density at radius 1 is 1.32 bits per heavy atom. The van der Waals surface area contributed by atoms with Gasteiger partial charge in [0.2, 0.25) is 5.82 Å². The predicted octanol–water partition coefficient (Wildman–Crippen LogP) is -0.847. The molecule has 5 N–H and O–H groups in total. The molecule has 0 aromatic carbocycles. The number of carbonyl (C=O) groups excluding carboxylic acids is 2. The number of imidazole rings is 1. The van der Waals surface area contributed by atoms with E-state index in [4.69, 9.17) is 19.9 Å². The highest BCUT2D eigenvalue weighted by Crippen LogP contribution is 2.33. The van der Waals surface area contributed by atoms with E-state index in [-0.39, 0.29) is 35.4 Å². The van der Waals surface area contributed by atoms with Crippen LogP contribution in [0.5, 0.6) is 0 Å². The molecule has 2 amide bonds. The normalized spacial score (nSPS) is 22.9. The molecule has 1 saturated carbocycles. The monoisotopic (exact) mass is 517 g/mol. The molecule has 1 saturated heterocycles. The van der Waals surface area contributed by atoms with Crippen LogP contribution >= 0.6 is 0 Å². The van der Waals surface area contributed by atoms with E-state index in [2.05, 4.69) is 32.1 Å². The molecule has 0 bridgehead atoms. The maximum absolute atomic E-state index is 12.4. The summed E-state index contributed by atoms with van der Waals surface area (Å²) >= 11 is 0. The van der Waals surface area contributed by atoms with Crippen LogP contribution in [0.1, 0.15) is 38.2 Å². The Morgan fingerprint density at radius 3 is 2.81 bits per heavy atom. The van der Waals surface area contributed by atoms with Crippen molar-refractivity contribution in [3.63, 3.8) is 0 Å². The molecule has 200 valence electrons. The Kier molecular flexibility index (Phi) is 8.39. The summed E-state index contributed by atoms with van der Waals surface area (Å²) in [5.74, 6) is 5.24. The summed E-state index contributed by atoms with van der Waals surface area (Å²) in [7, 11) is 1.29. The number of nitrogens with two attached hydrogens (primary N) is 1. The van der Waals surface area contributed by atoms with Gasteiger partial charge in [-0.1, -0.05) is 5.92 Å². The van der Waals surface area contributed by atoms with E-state index in [0.29, 0.717) is 26.2 Å². The highest BCUT2D eigenvalue weighted by atomic mass is 16.6. The van der Waals surface area contributed by atoms with Crippen molar-refractivity contribution in [1.82, 2.24) is 29.7 Å². The van der Waals surface area contributed by atoms with Gasteiger partial charge in [0.15, 0.2) is 23.8 Å². The van der Waals surface area contributed by atoms with Crippen molar-refractivity contribution < 1.29 is 34.0 Å². The molecular formula is C23H31N7O7. The van der Waals surface area contributed by atoms with Gasteiger partial charge in [-0.2, -0.15) is 0 Å². The van der Waals surface area contributed by atoms with Crippen molar-refractivity contribution >= 4 is 29.0 Å². The van der Waals surface area contributed by atoms with Crippen LogP contribution < -0.4 is 11.1 Å². The Morgan fingerprint density at radius 2 is 2.11 bits per heavy atom. The third-order valence-corrected chi connectivity index (χ3v) is 5.97. The second-order valence-corrected chi connectivity index (χ2v) is 8.71. The van der Waals surface area contributed by atoms with Crippen molar-refractivity contribution in [2.45, 2.75) is 56.8 Å². The fourth-order valence-electron chi connectivity index (χ4n) is 3.88. The van der Waals surface area contributed by atoms with Crippen molar-refractivity contribution in [2.24, 2.45) is 0 Å². The number of aliphatic hydroxyl groups excluding tert-OH is 2. The molecular weight excluding hydrogens is 486 g/mol. The fraction of sp³-hybridized carbons (Fsp3) is 0.609. The number of aliphatic hydroxyl groups is 2. The average Bonchev–Trinajstić information content (AvgIpc) is 3.52. The van der Waals surface area contributed by atoms with Gasteiger partial charge in [-0.3, -0.25) is 14.3 Å². The van der Waals surface area contributed by atoms with Crippen LogP contribution in [0, 0.1) is 11.8 Å². The minimum absolute atomic E-state index is 0.0469. The van der Waals surface area contributed by atoms with Crippen LogP contribution in [0.4, 0.5) is 10.6 Å². The van der Waals surface area contributed by atoms with Crippen LogP contribution in [0.15, 0.2) is 6.33 Å². The summed E-state index contributed by atoms with van der Waals surface area (Å²) in [5.41, 5.74) is 6.50. The number of fused-ring (bicyclic) bond motifs is 1. The summed E-state index contributed by atoms with van der Waals surface area (Å²) in [6, 6.07) is 0.0713. The lowest BCUT2D eigenvalue weighted by Gasteiger charge is -2.18. The number of amides is 2. The number of hydrogen-bond donors (Lipinski definition) is 4. The summed E-state index contributed by atoms with van der Waals surface area (Å²) < 4.78 is 17.2. The average molecular weight is 518 g/mol. The van der Waals surface area contributed by atoms with E-state index in [1.165, 1.54) is 22.9 Å². The number of ether oxygens (including phenoxy) is 3. The third kappa shape index (κ3) is 6.08. The molecule has 1 aliphatic carbocycles. The second-order valence-electron chi connectivity index (χ2n) is 8.71. The van der Waals surface area contributed by atoms with Crippen LogP contribution in [0.3, 0.4) is 0 Å². The maximum atomic E-state index is 12.4. The topological polar surface area (TPSA) is 187 Å². The molecule has 4 rings (SSSR count). The number of rotatable bonds is 9. The van der Waals surface area contributed by atoms with E-state index < -0.39 is 36.5 Å². The fourth-order valence-corrected chi connectivity index (χ4v) is 3.88. The van der Waals surface area contributed by atoms with Gasteiger partial charge >= 0.3 is 6.09 Å². The lowest BCUT2D eigenvalue weighted by Crippen LogP contribution is -2.43. The number of nitrogen functional groups attached to an aromatic ring is 1. The van der Waals surface area contributed by atoms with Crippen molar-refractivity contribution in [3.8, 4) is 11.8 Å². The summed E-state index contributed by atoms with van der Waals surface area (Å²) in [6.07, 6.45) is -2.05. The van der Waals surface area contributed by atoms with Gasteiger partial charge in [-0.05, 0) is 32.1 Å². The number of nitrogens with zero attached hydrogens (tertiary/aromatic N) is 5. The van der Waals surface area contributed by atoms with E-state index in [9.17, 15) is 19.8 Å². The molecule has 2 aromatic rings. The molecule has 14 nitrogen and oxygen atoms in total. The van der Waals surface area contributed by atoms with Crippen LogP contribution in [-0.4, -0.2) is 104 Å². The standard InChI is InChI=1S/C23H31N7O7/c1-3-36-11-5-10-29(23(34)35-2)9-4-6-14-27-19(24)15-20(28-14)30(12-25-15)22-17(32)16(31)18(37-22)21(33)26-13-7-8-13/h12-13,16-18,22,31-32H,3,5,7-11H2,1-2H3,(H,26,33)(H2,24,27,28)/t16-,17+,18+,22-/m1/s1. The van der Waals surface area contributed by atoms with E-state index in [1.54, 1.807) is 0 Å². The van der Waals surface area contributed by atoms with Gasteiger partial charge < -0.3 is 35.5 Å². The number of aromatic nitrogens is 4. The summed E-state index contributed by atoms with van der Waals surface area (Å²) in [5, 5.41) is 23.8. The summed E-state index contributed by atoms with van der Waals surface area (Å²) in [4.78, 5) is 38.6. The number of methoxy groups -OCH3 is 1. The minimum Gasteiger partial charge on any atom is -0.453 e. The maximum Gasteiger partial charge on any atom is 0.410 e. The van der Waals surface area contributed by atoms with Gasteiger partial charge in [0, 0.05) is 25.8 Å². The first-order chi connectivity index (χ1) is 17.8. The molecule has 0 unspecified atom stereocenters. The van der Waals surface area contributed by atoms with E-state index in [1.807, 2.05) is 6.92 Å². The first-order valence-corrected chi connectivity index (χ1v) is 12.1. The molecule has 2 aliphatic rings. The molecule has 1 aliphatic heterocycles. The van der Waals surface area contributed by atoms with Crippen LogP contribution in [0.25, 0.3) is 11.2 Å². The molecule has 37 heavy (non-hydrogen) atoms. The Labute approximate surface area is 213 Å². The largest absolute Gasteiger partial charge is 0.453 e. The second kappa shape index (κ2) is 11.7. The summed E-state index contributed by atoms with van der Waals surface area (Å²) in [6.45, 7) is 3.44. The SMILES string of the molecule is CCOCCCN(CC#Cc1nc(N)c2ncn([C@@H]3O[C@H](C(=O)NC4CC4)[C@H](O)[C@@H]3O)c2n1)C(=O)OC. The van der Waals surface area contributed by atoms with Gasteiger partial charge in [0.25, 0.3) is 5.91 Å². The van der Waals surface area contributed by atoms with Crippen molar-refractivity contribution in [3.05, 3.63) is 12.2 Å². The predicted molar refractivity (Wildman–Crippen MR) is 129 cm³/mol. The van der Waals surface area contributed by atoms with Gasteiger partial charge in [0.05, 0.1) is 20.0 Å². The van der Waals surface area contributed by atoms with Gasteiger partial charge in [0.1, 0.15) is 17.7 Å². The molecule has 3 heterocycles. The zero-order valence-corrected chi connectivity index (χ0v) is 20.7. The number of nitrogens with one attached hydrogen (secondary N) is 1. The van der Waals surface area contributed by atoms with Gasteiger partial charge in [-0.25, -0.2) is 19.7 Å². The zero-order valence-electron chi connectivity index (χ0n) is 20.7. The molecule has 0 radical (unpaired) electrons. The van der Waals surface area contributed by atoms with Crippen LogP contribution in [0.2, 0.25) is 0 Å². The van der Waals surface area contributed by atoms with Gasteiger partial charge in [-0.15, -0.1) is 0 Å². The minimum atomic E-state index is -1.44. The Bertz CT molecular complexity index is 1190. The number of hydrogen-bond acceptors (Lipinski definition) is 11. The van der Waals surface area contributed by atoms with Crippen molar-refractivity contribution in [2.75, 3.05) is 39.1 Å². The molecule has 2 fully saturated rings. The van der Waals surface area contributed by atoms with E-state index >= 15 is 0 Å². The van der Waals surface area contributed by atoms with Crippen LogP contribution in [-0.2, 0) is 19.0 Å². The highest BCUT2D eigenvalue weighted by molar-refractivity contribution is 5.83. The lowest BCUT2D eigenvalue weighted by molar-refractivity contribution is -0.137. The number of carbonyl (C=O) groups is 2. The first-order valence-electron chi connectivity index (χ1n) is 12.1. The molecule has 4 atom stereocenters. The third-order valence-electron chi connectivity index (χ3n) is 5.97. The highest BCUT2D eigenvalue weighted by Gasteiger charge is 2.48. The lowest BCUT2D eigenvalue weighted by atomic mass is 10.1. The Balaban J connectivity index is 1.51. The molecule has 14 heteroatoms. The Hall–Kier alpha value is -3.51. The first kappa shape index (κ1) is 26.6. The van der Waals surface area contributed by atoms with Crippen molar-refractivity contribution in [1.29, 1.82) is 0 Å².